The number of benzene rings is 1. The number of carbonyl (C=O) groups is 2. The Morgan fingerprint density at radius 1 is 1.37 bits per heavy atom. The second-order valence-corrected chi connectivity index (χ2v) is 4.77. The topological polar surface area (TPSA) is 58.6 Å². The normalized spacial score (nSPS) is 9.84. The van der Waals surface area contributed by atoms with Gasteiger partial charge in [-0.2, -0.15) is 0 Å². The molecule has 1 rings (SSSR count). The van der Waals surface area contributed by atoms with Crippen molar-refractivity contribution in [1.82, 2.24) is 10.2 Å². The van der Waals surface area contributed by atoms with E-state index in [9.17, 15) is 9.59 Å². The van der Waals surface area contributed by atoms with Crippen molar-refractivity contribution in [1.29, 1.82) is 0 Å². The Morgan fingerprint density at radius 3 is 2.68 bits per heavy atom. The first kappa shape index (κ1) is 15.5. The molecule has 0 saturated carbocycles. The summed E-state index contributed by atoms with van der Waals surface area (Å²) in [6.07, 6.45) is 0. The van der Waals surface area contributed by atoms with E-state index >= 15 is 0 Å². The maximum atomic E-state index is 11.8. The Balaban J connectivity index is 2.45. The number of amides is 2. The minimum absolute atomic E-state index is 0.118. The van der Waals surface area contributed by atoms with Gasteiger partial charge in [-0.1, -0.05) is 34.1 Å². The summed E-state index contributed by atoms with van der Waals surface area (Å²) in [4.78, 5) is 24.4. The molecule has 0 aliphatic carbocycles. The van der Waals surface area contributed by atoms with E-state index in [0.29, 0.717) is 13.2 Å². The van der Waals surface area contributed by atoms with Crippen molar-refractivity contribution in [2.45, 2.75) is 13.5 Å². The van der Waals surface area contributed by atoms with Crippen LogP contribution in [0.2, 0.25) is 0 Å². The van der Waals surface area contributed by atoms with Gasteiger partial charge in [-0.3, -0.25) is 4.79 Å². The standard InChI is InChI=1S/C13H17BrN2O3/c1-3-19-12(17)8-15-13(18)16(2)9-10-6-4-5-7-11(10)14/h4-7H,3,8-9H2,1-2H3,(H,15,18). The molecular weight excluding hydrogens is 312 g/mol. The molecule has 2 amide bonds. The Bertz CT molecular complexity index is 451. The molecule has 0 aliphatic rings. The lowest BCUT2D eigenvalue weighted by Crippen LogP contribution is -2.39. The molecule has 19 heavy (non-hydrogen) atoms. The highest BCUT2D eigenvalue weighted by Crippen LogP contribution is 2.17. The van der Waals surface area contributed by atoms with Crippen LogP contribution in [0.25, 0.3) is 0 Å². The highest BCUT2D eigenvalue weighted by atomic mass is 79.9. The first-order valence-corrected chi connectivity index (χ1v) is 6.72. The number of halogens is 1. The van der Waals surface area contributed by atoms with Crippen molar-refractivity contribution in [2.24, 2.45) is 0 Å². The number of rotatable bonds is 5. The van der Waals surface area contributed by atoms with Gasteiger partial charge in [0.25, 0.3) is 0 Å². The molecular formula is C13H17BrN2O3. The van der Waals surface area contributed by atoms with E-state index in [2.05, 4.69) is 21.2 Å². The molecule has 104 valence electrons. The van der Waals surface area contributed by atoms with Crippen molar-refractivity contribution < 1.29 is 14.3 Å². The van der Waals surface area contributed by atoms with Gasteiger partial charge in [0.1, 0.15) is 6.54 Å². The monoisotopic (exact) mass is 328 g/mol. The molecule has 0 bridgehead atoms. The van der Waals surface area contributed by atoms with E-state index in [1.807, 2.05) is 24.3 Å². The number of nitrogens with zero attached hydrogens (tertiary/aromatic N) is 1. The second kappa shape index (κ2) is 7.78. The van der Waals surface area contributed by atoms with Crippen LogP contribution < -0.4 is 5.32 Å². The highest BCUT2D eigenvalue weighted by molar-refractivity contribution is 9.10. The van der Waals surface area contributed by atoms with Crippen molar-refractivity contribution in [3.8, 4) is 0 Å². The number of carbonyl (C=O) groups excluding carboxylic acids is 2. The van der Waals surface area contributed by atoms with Gasteiger partial charge in [-0.15, -0.1) is 0 Å². The van der Waals surface area contributed by atoms with Gasteiger partial charge in [0.05, 0.1) is 6.61 Å². The van der Waals surface area contributed by atoms with Crippen LogP contribution in [0.1, 0.15) is 12.5 Å². The Kier molecular flexibility index (Phi) is 6.35. The van der Waals surface area contributed by atoms with Crippen LogP contribution in [0.15, 0.2) is 28.7 Å². The fourth-order valence-electron chi connectivity index (χ4n) is 1.45. The summed E-state index contributed by atoms with van der Waals surface area (Å²) in [5, 5.41) is 2.50. The lowest BCUT2D eigenvalue weighted by molar-refractivity contribution is -0.141. The van der Waals surface area contributed by atoms with Crippen LogP contribution in [-0.2, 0) is 16.1 Å². The minimum Gasteiger partial charge on any atom is -0.465 e. The first-order chi connectivity index (χ1) is 9.04. The summed E-state index contributed by atoms with van der Waals surface area (Å²) in [6.45, 7) is 2.36. The largest absolute Gasteiger partial charge is 0.465 e. The van der Waals surface area contributed by atoms with Gasteiger partial charge >= 0.3 is 12.0 Å². The van der Waals surface area contributed by atoms with E-state index in [-0.39, 0.29) is 12.6 Å². The first-order valence-electron chi connectivity index (χ1n) is 5.92. The molecule has 6 heteroatoms. The lowest BCUT2D eigenvalue weighted by atomic mass is 10.2. The average molecular weight is 329 g/mol. The average Bonchev–Trinajstić information content (AvgIpc) is 2.39. The van der Waals surface area contributed by atoms with Crippen LogP contribution in [0.4, 0.5) is 4.79 Å². The van der Waals surface area contributed by atoms with Crippen molar-refractivity contribution in [3.05, 3.63) is 34.3 Å². The smallest absolute Gasteiger partial charge is 0.325 e. The lowest BCUT2D eigenvalue weighted by Gasteiger charge is -2.18. The van der Waals surface area contributed by atoms with Crippen molar-refractivity contribution >= 4 is 27.9 Å². The zero-order chi connectivity index (χ0) is 14.3. The number of esters is 1. The van der Waals surface area contributed by atoms with Crippen LogP contribution >= 0.6 is 15.9 Å². The molecule has 0 aromatic heterocycles. The summed E-state index contributed by atoms with van der Waals surface area (Å²) in [7, 11) is 1.67. The predicted octanol–water partition coefficient (Wildman–Crippen LogP) is 2.15. The highest BCUT2D eigenvalue weighted by Gasteiger charge is 2.12. The molecule has 0 unspecified atom stereocenters. The van der Waals surface area contributed by atoms with Crippen LogP contribution in [0.3, 0.4) is 0 Å². The van der Waals surface area contributed by atoms with Crippen molar-refractivity contribution in [3.63, 3.8) is 0 Å². The molecule has 0 fully saturated rings. The number of ether oxygens (including phenoxy) is 1. The summed E-state index contributed by atoms with van der Waals surface area (Å²) >= 11 is 3.42. The van der Waals surface area contributed by atoms with Crippen molar-refractivity contribution in [2.75, 3.05) is 20.2 Å². The van der Waals surface area contributed by atoms with Gasteiger partial charge in [-0.25, -0.2) is 4.79 Å². The molecule has 0 atom stereocenters. The Labute approximate surface area is 121 Å². The van der Waals surface area contributed by atoms with E-state index in [1.54, 1.807) is 14.0 Å². The third-order valence-corrected chi connectivity index (χ3v) is 3.17. The Hall–Kier alpha value is -1.56. The number of urea groups is 1. The number of hydrogen-bond acceptors (Lipinski definition) is 3. The summed E-state index contributed by atoms with van der Waals surface area (Å²) in [6, 6.07) is 7.35. The van der Waals surface area contributed by atoms with Crippen LogP contribution in [0.5, 0.6) is 0 Å². The van der Waals surface area contributed by atoms with Gasteiger partial charge in [0, 0.05) is 18.1 Å². The third kappa shape index (κ3) is 5.30. The van der Waals surface area contributed by atoms with Gasteiger partial charge in [-0.05, 0) is 18.6 Å². The molecule has 0 aliphatic heterocycles. The van der Waals surface area contributed by atoms with Gasteiger partial charge in [0.15, 0.2) is 0 Å². The summed E-state index contributed by atoms with van der Waals surface area (Å²) < 4.78 is 5.67. The second-order valence-electron chi connectivity index (χ2n) is 3.91. The summed E-state index contributed by atoms with van der Waals surface area (Å²) in [5.41, 5.74) is 0.997. The number of nitrogens with one attached hydrogen (secondary N) is 1. The van der Waals surface area contributed by atoms with Crippen LogP contribution in [-0.4, -0.2) is 37.1 Å². The number of hydrogen-bond donors (Lipinski definition) is 1. The maximum Gasteiger partial charge on any atom is 0.325 e. The van der Waals surface area contributed by atoms with E-state index in [0.717, 1.165) is 10.0 Å². The summed E-state index contributed by atoms with van der Waals surface area (Å²) in [5.74, 6) is -0.440. The van der Waals surface area contributed by atoms with E-state index < -0.39 is 5.97 Å². The molecule has 1 aromatic carbocycles. The quantitative estimate of drug-likeness (QED) is 0.842. The molecule has 5 nitrogen and oxygen atoms in total. The predicted molar refractivity (Wildman–Crippen MR) is 75.6 cm³/mol. The maximum absolute atomic E-state index is 11.8. The molecule has 0 spiro atoms. The Morgan fingerprint density at radius 2 is 2.05 bits per heavy atom. The fourth-order valence-corrected chi connectivity index (χ4v) is 1.86. The molecule has 1 aromatic rings. The van der Waals surface area contributed by atoms with Gasteiger partial charge < -0.3 is 15.0 Å². The zero-order valence-corrected chi connectivity index (χ0v) is 12.6. The van der Waals surface area contributed by atoms with Gasteiger partial charge in [0.2, 0.25) is 0 Å². The molecule has 0 radical (unpaired) electrons. The van der Waals surface area contributed by atoms with E-state index in [4.69, 9.17) is 4.74 Å². The van der Waals surface area contributed by atoms with Crippen LogP contribution in [0, 0.1) is 0 Å². The van der Waals surface area contributed by atoms with E-state index in [1.165, 1.54) is 4.90 Å². The molecule has 1 N–H and O–H groups in total. The fraction of sp³-hybridized carbons (Fsp3) is 0.385. The molecule has 0 heterocycles. The molecule has 0 saturated heterocycles. The third-order valence-electron chi connectivity index (χ3n) is 2.40. The minimum atomic E-state index is -0.440. The zero-order valence-electron chi connectivity index (χ0n) is 11.0. The SMILES string of the molecule is CCOC(=O)CNC(=O)N(C)Cc1ccccc1Br.